The Balaban J connectivity index is 1.50. The lowest BCUT2D eigenvalue weighted by molar-refractivity contribution is -0.178. The SMILES string of the molecule is CC1CCC(C(C)C)[C@H](OC(=O)C(=O)O[C@H]2CC=CC[C@@H]2[Si](c2ccccc2)(c2ccccc2)c2ccccc2)C1. The molecule has 2 unspecified atom stereocenters. The van der Waals surface area contributed by atoms with Gasteiger partial charge in [-0.05, 0) is 52.6 Å². The maximum atomic E-state index is 13.4. The van der Waals surface area contributed by atoms with Gasteiger partial charge in [0.2, 0.25) is 0 Å². The van der Waals surface area contributed by atoms with E-state index in [1.165, 1.54) is 15.6 Å². The molecule has 3 aromatic rings. The number of carbonyl (C=O) groups is 2. The van der Waals surface area contributed by atoms with Gasteiger partial charge in [0.1, 0.15) is 12.2 Å². The van der Waals surface area contributed by atoms with Crippen molar-refractivity contribution in [2.24, 2.45) is 17.8 Å². The highest BCUT2D eigenvalue weighted by atomic mass is 28.3. The highest BCUT2D eigenvalue weighted by molar-refractivity contribution is 7.12. The van der Waals surface area contributed by atoms with E-state index < -0.39 is 26.1 Å². The molecule has 2 aliphatic carbocycles. The maximum absolute atomic E-state index is 13.4. The van der Waals surface area contributed by atoms with Crippen molar-refractivity contribution in [2.75, 3.05) is 0 Å². The Labute approximate surface area is 245 Å². The van der Waals surface area contributed by atoms with Crippen molar-refractivity contribution in [3.8, 4) is 0 Å². The fourth-order valence-corrected chi connectivity index (χ4v) is 12.9. The number of benzene rings is 3. The molecule has 5 heteroatoms. The van der Waals surface area contributed by atoms with E-state index in [0.717, 1.165) is 25.7 Å². The number of hydrogen-bond donors (Lipinski definition) is 0. The first-order valence-corrected chi connectivity index (χ1v) is 17.2. The summed E-state index contributed by atoms with van der Waals surface area (Å²) in [4.78, 5) is 26.6. The van der Waals surface area contributed by atoms with Crippen LogP contribution in [0.25, 0.3) is 0 Å². The largest absolute Gasteiger partial charge is 0.454 e. The normalized spacial score (nSPS) is 24.5. The van der Waals surface area contributed by atoms with Crippen LogP contribution in [0.3, 0.4) is 0 Å². The van der Waals surface area contributed by atoms with Gasteiger partial charge in [0.05, 0.1) is 0 Å². The fraction of sp³-hybridized carbons (Fsp3) is 0.389. The average Bonchev–Trinajstić information content (AvgIpc) is 3.00. The van der Waals surface area contributed by atoms with Crippen LogP contribution < -0.4 is 15.6 Å². The van der Waals surface area contributed by atoms with Crippen molar-refractivity contribution < 1.29 is 19.1 Å². The van der Waals surface area contributed by atoms with Crippen LogP contribution in [0, 0.1) is 17.8 Å². The molecular weight excluding hydrogens is 524 g/mol. The van der Waals surface area contributed by atoms with E-state index >= 15 is 0 Å². The van der Waals surface area contributed by atoms with E-state index in [4.69, 9.17) is 9.47 Å². The van der Waals surface area contributed by atoms with Gasteiger partial charge in [-0.25, -0.2) is 9.59 Å². The molecule has 0 amide bonds. The second kappa shape index (κ2) is 13.0. The van der Waals surface area contributed by atoms with Crippen LogP contribution in [0.4, 0.5) is 0 Å². The Hall–Kier alpha value is -3.44. The smallest absolute Gasteiger partial charge is 0.417 e. The lowest BCUT2D eigenvalue weighted by Crippen LogP contribution is -2.72. The molecule has 4 nitrogen and oxygen atoms in total. The number of esters is 2. The molecule has 2 aliphatic rings. The topological polar surface area (TPSA) is 52.6 Å². The summed E-state index contributed by atoms with van der Waals surface area (Å²) in [7, 11) is -2.75. The lowest BCUT2D eigenvalue weighted by Gasteiger charge is -2.44. The first kappa shape index (κ1) is 29.1. The Bertz CT molecular complexity index is 1220. The van der Waals surface area contributed by atoms with Gasteiger partial charge in [0.25, 0.3) is 0 Å². The summed E-state index contributed by atoms with van der Waals surface area (Å²) in [6, 6.07) is 32.0. The van der Waals surface area contributed by atoms with Crippen molar-refractivity contribution in [2.45, 2.75) is 70.6 Å². The van der Waals surface area contributed by atoms with Gasteiger partial charge >= 0.3 is 11.9 Å². The average molecular weight is 567 g/mol. The Morgan fingerprint density at radius 1 is 0.683 bits per heavy atom. The maximum Gasteiger partial charge on any atom is 0.417 e. The zero-order valence-electron chi connectivity index (χ0n) is 24.4. The fourth-order valence-electron chi connectivity index (χ4n) is 7.24. The number of hydrogen-bond acceptors (Lipinski definition) is 4. The molecule has 0 N–H and O–H groups in total. The molecule has 41 heavy (non-hydrogen) atoms. The molecule has 3 aromatic carbocycles. The van der Waals surface area contributed by atoms with E-state index in [9.17, 15) is 9.59 Å². The van der Waals surface area contributed by atoms with E-state index in [2.05, 4.69) is 106 Å². The quantitative estimate of drug-likeness (QED) is 0.119. The van der Waals surface area contributed by atoms with E-state index in [0.29, 0.717) is 18.3 Å². The van der Waals surface area contributed by atoms with Gasteiger partial charge in [-0.15, -0.1) is 0 Å². The Morgan fingerprint density at radius 2 is 1.15 bits per heavy atom. The zero-order chi connectivity index (χ0) is 28.8. The minimum Gasteiger partial charge on any atom is -0.454 e. The van der Waals surface area contributed by atoms with Crippen LogP contribution in [0.2, 0.25) is 5.54 Å². The third-order valence-electron chi connectivity index (χ3n) is 9.26. The van der Waals surface area contributed by atoms with Crippen molar-refractivity contribution in [3.63, 3.8) is 0 Å². The molecular formula is C36H42O4Si. The summed E-state index contributed by atoms with van der Waals surface area (Å²) in [5.41, 5.74) is -0.00503. The lowest BCUT2D eigenvalue weighted by atomic mass is 9.75. The zero-order valence-corrected chi connectivity index (χ0v) is 25.4. The summed E-state index contributed by atoms with van der Waals surface area (Å²) in [6.07, 6.45) is 7.86. The van der Waals surface area contributed by atoms with Crippen molar-refractivity contribution >= 4 is 35.6 Å². The number of carbonyl (C=O) groups excluding carboxylic acids is 2. The van der Waals surface area contributed by atoms with Gasteiger partial charge in [-0.1, -0.05) is 130 Å². The standard InChI is InChI=1S/C36H42O4Si/c1-26(2)31-24-23-27(3)25-33(31)40-36(38)35(37)39-32-21-13-14-22-34(32)41(28-15-7-4-8-16-28,29-17-9-5-10-18-29)30-19-11-6-12-20-30/h4-20,26-27,31-34H,21-25H2,1-3H3/t27?,31?,32-,33+,34-/m0/s1. The van der Waals surface area contributed by atoms with Crippen LogP contribution in [0.15, 0.2) is 103 Å². The third kappa shape index (κ3) is 6.11. The molecule has 0 radical (unpaired) electrons. The van der Waals surface area contributed by atoms with Gasteiger partial charge in [-0.3, -0.25) is 0 Å². The van der Waals surface area contributed by atoms with E-state index in [-0.39, 0.29) is 17.6 Å². The van der Waals surface area contributed by atoms with Crippen LogP contribution in [-0.2, 0) is 19.1 Å². The second-order valence-electron chi connectivity index (χ2n) is 12.2. The molecule has 214 valence electrons. The highest BCUT2D eigenvalue weighted by Crippen LogP contribution is 2.38. The van der Waals surface area contributed by atoms with Gasteiger partial charge in [0.15, 0.2) is 8.07 Å². The van der Waals surface area contributed by atoms with Crippen molar-refractivity contribution in [1.29, 1.82) is 0 Å². The third-order valence-corrected chi connectivity index (χ3v) is 14.7. The summed E-state index contributed by atoms with van der Waals surface area (Å²) in [5.74, 6) is -0.593. The van der Waals surface area contributed by atoms with E-state index in [1.807, 2.05) is 18.2 Å². The predicted molar refractivity (Wildman–Crippen MR) is 167 cm³/mol. The predicted octanol–water partition coefficient (Wildman–Crippen LogP) is 5.79. The van der Waals surface area contributed by atoms with Crippen LogP contribution in [0.5, 0.6) is 0 Å². The molecule has 0 heterocycles. The molecule has 0 saturated heterocycles. The molecule has 1 fully saturated rings. The summed E-state index contributed by atoms with van der Waals surface area (Å²) >= 11 is 0. The Morgan fingerprint density at radius 3 is 1.63 bits per heavy atom. The molecule has 0 bridgehead atoms. The molecule has 0 spiro atoms. The van der Waals surface area contributed by atoms with Crippen LogP contribution >= 0.6 is 0 Å². The summed E-state index contributed by atoms with van der Waals surface area (Å²) in [6.45, 7) is 6.52. The van der Waals surface area contributed by atoms with Gasteiger partial charge in [0, 0.05) is 12.0 Å². The number of allylic oxidation sites excluding steroid dienone is 1. The second-order valence-corrected chi connectivity index (χ2v) is 16.3. The van der Waals surface area contributed by atoms with Crippen molar-refractivity contribution in [3.05, 3.63) is 103 Å². The van der Waals surface area contributed by atoms with Gasteiger partial charge < -0.3 is 9.47 Å². The molecule has 5 rings (SSSR count). The minimum absolute atomic E-state index is 0.00503. The molecule has 5 atom stereocenters. The minimum atomic E-state index is -2.75. The van der Waals surface area contributed by atoms with Crippen LogP contribution in [-0.4, -0.2) is 32.2 Å². The first-order valence-electron chi connectivity index (χ1n) is 15.1. The first-order chi connectivity index (χ1) is 19.9. The summed E-state index contributed by atoms with van der Waals surface area (Å²) < 4.78 is 12.1. The molecule has 0 aromatic heterocycles. The summed E-state index contributed by atoms with van der Waals surface area (Å²) in [5, 5.41) is 3.78. The van der Waals surface area contributed by atoms with E-state index in [1.54, 1.807) is 0 Å². The molecule has 1 saturated carbocycles. The molecule has 0 aliphatic heterocycles. The highest BCUT2D eigenvalue weighted by Gasteiger charge is 2.51. The number of ether oxygens (including phenoxy) is 2. The van der Waals surface area contributed by atoms with Crippen molar-refractivity contribution in [1.82, 2.24) is 0 Å². The van der Waals surface area contributed by atoms with Gasteiger partial charge in [-0.2, -0.15) is 0 Å². The Kier molecular flexibility index (Phi) is 9.24. The monoisotopic (exact) mass is 566 g/mol. The van der Waals surface area contributed by atoms with Crippen LogP contribution in [0.1, 0.15) is 52.9 Å². The number of rotatable bonds is 7.